The molecule has 0 aliphatic carbocycles. The summed E-state index contributed by atoms with van der Waals surface area (Å²) in [5.74, 6) is 0.853. The normalized spacial score (nSPS) is 12.0. The number of methoxy groups -OCH3 is 1. The largest absolute Gasteiger partial charge is 0.385 e. The van der Waals surface area contributed by atoms with Gasteiger partial charge in [0.1, 0.15) is 0 Å². The minimum atomic E-state index is 0.240. The fourth-order valence-electron chi connectivity index (χ4n) is 2.55. The summed E-state index contributed by atoms with van der Waals surface area (Å²) in [6.45, 7) is 12.0. The van der Waals surface area contributed by atoms with Gasteiger partial charge in [0.25, 0.3) is 0 Å². The van der Waals surface area contributed by atoms with Gasteiger partial charge in [0, 0.05) is 39.9 Å². The van der Waals surface area contributed by atoms with Crippen molar-refractivity contribution in [2.24, 2.45) is 4.99 Å². The number of guanidine groups is 1. The monoisotopic (exact) mass is 378 g/mol. The molecule has 154 valence electrons. The van der Waals surface area contributed by atoms with Crippen molar-refractivity contribution >= 4 is 5.96 Å². The second kappa shape index (κ2) is 14.4. The highest BCUT2D eigenvalue weighted by Gasteiger charge is 2.02. The molecular weight excluding hydrogens is 340 g/mol. The second-order valence-corrected chi connectivity index (χ2v) is 6.95. The number of ether oxygens (including phenoxy) is 2. The van der Waals surface area contributed by atoms with Gasteiger partial charge in [-0.05, 0) is 45.4 Å². The topological polar surface area (TPSA) is 58.1 Å². The van der Waals surface area contributed by atoms with Crippen molar-refractivity contribution in [2.75, 3.05) is 46.9 Å². The Morgan fingerprint density at radius 2 is 1.96 bits per heavy atom. The van der Waals surface area contributed by atoms with E-state index < -0.39 is 0 Å². The number of rotatable bonds is 13. The van der Waals surface area contributed by atoms with E-state index in [-0.39, 0.29) is 6.10 Å². The molecule has 2 N–H and O–H groups in total. The minimum Gasteiger partial charge on any atom is -0.385 e. The molecule has 0 spiro atoms. The summed E-state index contributed by atoms with van der Waals surface area (Å²) in [6, 6.07) is 8.44. The Balaban J connectivity index is 2.47. The van der Waals surface area contributed by atoms with Gasteiger partial charge in [0.15, 0.2) is 5.96 Å². The van der Waals surface area contributed by atoms with E-state index >= 15 is 0 Å². The van der Waals surface area contributed by atoms with Gasteiger partial charge in [-0.3, -0.25) is 0 Å². The van der Waals surface area contributed by atoms with Crippen LogP contribution in [0.3, 0.4) is 0 Å². The number of benzene rings is 1. The van der Waals surface area contributed by atoms with Gasteiger partial charge in [-0.25, -0.2) is 4.99 Å². The van der Waals surface area contributed by atoms with Crippen LogP contribution in [0.5, 0.6) is 0 Å². The van der Waals surface area contributed by atoms with Crippen molar-refractivity contribution in [1.82, 2.24) is 15.5 Å². The summed E-state index contributed by atoms with van der Waals surface area (Å²) in [4.78, 5) is 7.01. The van der Waals surface area contributed by atoms with Crippen LogP contribution in [0.4, 0.5) is 0 Å². The number of hydrogen-bond donors (Lipinski definition) is 2. The molecule has 1 aromatic rings. The van der Waals surface area contributed by atoms with Crippen LogP contribution >= 0.6 is 0 Å². The van der Waals surface area contributed by atoms with Gasteiger partial charge in [0.05, 0.1) is 19.3 Å². The SMILES string of the molecule is CCNC(=NCc1cccc(COC(C)C)c1)NCCN(C)CCCOC. The molecule has 0 radical (unpaired) electrons. The highest BCUT2D eigenvalue weighted by Crippen LogP contribution is 2.09. The number of hydrogen-bond acceptors (Lipinski definition) is 4. The van der Waals surface area contributed by atoms with Crippen molar-refractivity contribution in [2.45, 2.75) is 46.4 Å². The summed E-state index contributed by atoms with van der Waals surface area (Å²) in [7, 11) is 3.87. The second-order valence-electron chi connectivity index (χ2n) is 6.95. The Morgan fingerprint density at radius 1 is 1.19 bits per heavy atom. The summed E-state index contributed by atoms with van der Waals surface area (Å²) >= 11 is 0. The standard InChI is InChI=1S/C21H38N4O2/c1-6-22-21(23-11-13-25(4)12-8-14-26-5)24-16-19-9-7-10-20(15-19)17-27-18(2)3/h7,9-10,15,18H,6,8,11-14,16-17H2,1-5H3,(H2,22,23,24). The van der Waals surface area contributed by atoms with Gasteiger partial charge in [-0.2, -0.15) is 0 Å². The molecule has 0 saturated carbocycles. The molecule has 0 amide bonds. The lowest BCUT2D eigenvalue weighted by molar-refractivity contribution is 0.0657. The molecule has 0 saturated heterocycles. The van der Waals surface area contributed by atoms with Crippen LogP contribution in [0.2, 0.25) is 0 Å². The molecule has 0 bridgehead atoms. The van der Waals surface area contributed by atoms with Gasteiger partial charge in [0.2, 0.25) is 0 Å². The molecule has 6 heteroatoms. The number of aliphatic imine (C=N–C) groups is 1. The first-order valence-corrected chi connectivity index (χ1v) is 9.94. The van der Waals surface area contributed by atoms with Gasteiger partial charge in [-0.1, -0.05) is 24.3 Å². The van der Waals surface area contributed by atoms with E-state index in [0.29, 0.717) is 13.2 Å². The Labute approximate surface area is 165 Å². The Bertz CT molecular complexity index is 535. The van der Waals surface area contributed by atoms with Crippen LogP contribution in [0.25, 0.3) is 0 Å². The van der Waals surface area contributed by atoms with Crippen molar-refractivity contribution in [1.29, 1.82) is 0 Å². The van der Waals surface area contributed by atoms with E-state index in [1.807, 2.05) is 0 Å². The lowest BCUT2D eigenvalue weighted by atomic mass is 10.1. The van der Waals surface area contributed by atoms with Crippen LogP contribution in [0.15, 0.2) is 29.3 Å². The summed E-state index contributed by atoms with van der Waals surface area (Å²) < 4.78 is 10.8. The maximum absolute atomic E-state index is 5.68. The highest BCUT2D eigenvalue weighted by molar-refractivity contribution is 5.79. The average Bonchev–Trinajstić information content (AvgIpc) is 2.65. The summed E-state index contributed by atoms with van der Waals surface area (Å²) in [6.07, 6.45) is 1.29. The molecule has 0 heterocycles. The highest BCUT2D eigenvalue weighted by atomic mass is 16.5. The van der Waals surface area contributed by atoms with Crippen LogP contribution in [-0.4, -0.2) is 63.9 Å². The molecule has 1 rings (SSSR count). The quantitative estimate of drug-likeness (QED) is 0.314. The first kappa shape index (κ1) is 23.4. The Hall–Kier alpha value is -1.63. The van der Waals surface area contributed by atoms with Crippen molar-refractivity contribution in [3.05, 3.63) is 35.4 Å². The fourth-order valence-corrected chi connectivity index (χ4v) is 2.55. The summed E-state index contributed by atoms with van der Waals surface area (Å²) in [5.41, 5.74) is 2.38. The number of nitrogens with one attached hydrogen (secondary N) is 2. The molecule has 27 heavy (non-hydrogen) atoms. The van der Waals surface area contributed by atoms with E-state index in [1.54, 1.807) is 7.11 Å². The van der Waals surface area contributed by atoms with Gasteiger partial charge < -0.3 is 25.0 Å². The molecule has 0 unspecified atom stereocenters. The first-order chi connectivity index (χ1) is 13.0. The molecular formula is C21H38N4O2. The van der Waals surface area contributed by atoms with Crippen LogP contribution in [0.1, 0.15) is 38.3 Å². The number of likely N-dealkylation sites (N-methyl/N-ethyl adjacent to an activating group) is 1. The smallest absolute Gasteiger partial charge is 0.191 e. The number of nitrogens with zero attached hydrogens (tertiary/aromatic N) is 2. The fraction of sp³-hybridized carbons (Fsp3) is 0.667. The van der Waals surface area contributed by atoms with Gasteiger partial charge >= 0.3 is 0 Å². The maximum atomic E-state index is 5.68. The third kappa shape index (κ3) is 11.6. The lowest BCUT2D eigenvalue weighted by Crippen LogP contribution is -2.41. The van der Waals surface area contributed by atoms with E-state index in [0.717, 1.165) is 45.2 Å². The zero-order valence-corrected chi connectivity index (χ0v) is 17.8. The molecule has 0 aliphatic heterocycles. The Kier molecular flexibility index (Phi) is 12.5. The van der Waals surface area contributed by atoms with Crippen LogP contribution in [-0.2, 0) is 22.6 Å². The molecule has 0 aromatic heterocycles. The molecule has 0 fully saturated rings. The van der Waals surface area contributed by atoms with Crippen molar-refractivity contribution in [3.63, 3.8) is 0 Å². The first-order valence-electron chi connectivity index (χ1n) is 9.94. The zero-order valence-electron chi connectivity index (χ0n) is 17.8. The molecule has 1 aromatic carbocycles. The van der Waals surface area contributed by atoms with Crippen LogP contribution < -0.4 is 10.6 Å². The van der Waals surface area contributed by atoms with E-state index in [1.165, 1.54) is 11.1 Å². The molecule has 6 nitrogen and oxygen atoms in total. The Morgan fingerprint density at radius 3 is 2.67 bits per heavy atom. The molecule has 0 aliphatic rings. The third-order valence-electron chi connectivity index (χ3n) is 4.01. The zero-order chi connectivity index (χ0) is 19.9. The lowest BCUT2D eigenvalue weighted by Gasteiger charge is -2.18. The van der Waals surface area contributed by atoms with E-state index in [2.05, 4.69) is 67.6 Å². The predicted octanol–water partition coefficient (Wildman–Crippen LogP) is 2.64. The van der Waals surface area contributed by atoms with E-state index in [9.17, 15) is 0 Å². The average molecular weight is 379 g/mol. The molecule has 0 atom stereocenters. The maximum Gasteiger partial charge on any atom is 0.191 e. The van der Waals surface area contributed by atoms with Crippen LogP contribution in [0, 0.1) is 0 Å². The van der Waals surface area contributed by atoms with Crippen molar-refractivity contribution in [3.8, 4) is 0 Å². The van der Waals surface area contributed by atoms with E-state index in [4.69, 9.17) is 14.5 Å². The minimum absolute atomic E-state index is 0.240. The summed E-state index contributed by atoms with van der Waals surface area (Å²) in [5, 5.41) is 6.72. The third-order valence-corrected chi connectivity index (χ3v) is 4.01. The van der Waals surface area contributed by atoms with Gasteiger partial charge in [-0.15, -0.1) is 0 Å². The predicted molar refractivity (Wildman–Crippen MR) is 113 cm³/mol. The van der Waals surface area contributed by atoms with Crippen molar-refractivity contribution < 1.29 is 9.47 Å².